The van der Waals surface area contributed by atoms with Gasteiger partial charge in [0.2, 0.25) is 0 Å². The number of rotatable bonds is 6. The lowest BCUT2D eigenvalue weighted by Crippen LogP contribution is -2.15. The molecule has 0 atom stereocenters. The Morgan fingerprint density at radius 1 is 1.05 bits per heavy atom. The van der Waals surface area contributed by atoms with Crippen LogP contribution in [-0.2, 0) is 13.0 Å². The molecule has 1 saturated carbocycles. The van der Waals surface area contributed by atoms with E-state index in [0.29, 0.717) is 6.04 Å². The number of nitrogens with one attached hydrogen (secondary N) is 1. The molecule has 0 amide bonds. The molecule has 0 heterocycles. The molecule has 2 nitrogen and oxygen atoms in total. The molecule has 1 aliphatic carbocycles. The van der Waals surface area contributed by atoms with Crippen molar-refractivity contribution in [1.29, 1.82) is 0 Å². The van der Waals surface area contributed by atoms with Crippen LogP contribution in [0.25, 0.3) is 0 Å². The Hall–Kier alpha value is -1.80. The van der Waals surface area contributed by atoms with Crippen molar-refractivity contribution in [2.45, 2.75) is 45.7 Å². The maximum Gasteiger partial charge on any atom is 0.131 e. The molecule has 1 aliphatic rings. The van der Waals surface area contributed by atoms with Crippen LogP contribution in [0.15, 0.2) is 42.5 Å². The van der Waals surface area contributed by atoms with E-state index in [4.69, 9.17) is 4.74 Å². The fourth-order valence-corrected chi connectivity index (χ4v) is 2.50. The normalized spacial score (nSPS) is 14.2. The second kappa shape index (κ2) is 6.31. The first-order valence-corrected chi connectivity index (χ1v) is 7.85. The van der Waals surface area contributed by atoms with E-state index in [2.05, 4.69) is 55.6 Å². The minimum atomic E-state index is 0.710. The Labute approximate surface area is 127 Å². The molecule has 1 fully saturated rings. The van der Waals surface area contributed by atoms with Crippen LogP contribution < -0.4 is 10.1 Å². The van der Waals surface area contributed by atoms with Gasteiger partial charge in [0.25, 0.3) is 0 Å². The van der Waals surface area contributed by atoms with Gasteiger partial charge >= 0.3 is 0 Å². The highest BCUT2D eigenvalue weighted by atomic mass is 16.5. The molecule has 0 aromatic heterocycles. The zero-order chi connectivity index (χ0) is 14.7. The largest absolute Gasteiger partial charge is 0.457 e. The molecule has 0 spiro atoms. The Bertz CT molecular complexity index is 617. The molecule has 0 saturated heterocycles. The van der Waals surface area contributed by atoms with E-state index in [1.165, 1.54) is 29.5 Å². The van der Waals surface area contributed by atoms with Crippen LogP contribution >= 0.6 is 0 Å². The predicted octanol–water partition coefficient (Wildman–Crippen LogP) is 4.60. The summed E-state index contributed by atoms with van der Waals surface area (Å²) in [7, 11) is 0. The molecular weight excluding hydrogens is 258 g/mol. The van der Waals surface area contributed by atoms with Crippen molar-refractivity contribution in [1.82, 2.24) is 5.32 Å². The average molecular weight is 281 g/mol. The number of para-hydroxylation sites is 1. The summed E-state index contributed by atoms with van der Waals surface area (Å²) in [6, 6.07) is 15.4. The predicted molar refractivity (Wildman–Crippen MR) is 86.9 cm³/mol. The summed E-state index contributed by atoms with van der Waals surface area (Å²) in [6.07, 6.45) is 3.60. The van der Waals surface area contributed by atoms with Crippen LogP contribution in [0.5, 0.6) is 11.5 Å². The Morgan fingerprint density at radius 2 is 1.81 bits per heavy atom. The molecule has 0 radical (unpaired) electrons. The van der Waals surface area contributed by atoms with E-state index in [1.807, 2.05) is 6.07 Å². The number of hydrogen-bond acceptors (Lipinski definition) is 2. The van der Waals surface area contributed by atoms with E-state index in [0.717, 1.165) is 24.5 Å². The first-order chi connectivity index (χ1) is 10.3. The van der Waals surface area contributed by atoms with Gasteiger partial charge < -0.3 is 10.1 Å². The highest BCUT2D eigenvalue weighted by Crippen LogP contribution is 2.30. The number of ether oxygens (including phenoxy) is 1. The van der Waals surface area contributed by atoms with Gasteiger partial charge in [0, 0.05) is 18.2 Å². The van der Waals surface area contributed by atoms with Crippen LogP contribution in [0.3, 0.4) is 0 Å². The number of aryl methyl sites for hydroxylation is 2. The van der Waals surface area contributed by atoms with Gasteiger partial charge in [0.15, 0.2) is 0 Å². The standard InChI is InChI=1S/C19H23NO/c1-3-15-6-4-5-7-18(15)21-19-11-8-14(2)12-16(19)13-20-17-9-10-17/h4-8,11-12,17,20H,3,9-10,13H2,1-2H3. The molecule has 1 N–H and O–H groups in total. The highest BCUT2D eigenvalue weighted by molar-refractivity contribution is 5.43. The van der Waals surface area contributed by atoms with E-state index < -0.39 is 0 Å². The molecule has 2 heteroatoms. The lowest BCUT2D eigenvalue weighted by Gasteiger charge is -2.15. The second-order valence-corrected chi connectivity index (χ2v) is 5.83. The van der Waals surface area contributed by atoms with Crippen molar-refractivity contribution in [3.63, 3.8) is 0 Å². The summed E-state index contributed by atoms with van der Waals surface area (Å²) in [5.41, 5.74) is 3.77. The molecule has 3 rings (SSSR count). The van der Waals surface area contributed by atoms with Crippen molar-refractivity contribution >= 4 is 0 Å². The summed E-state index contributed by atoms with van der Waals surface area (Å²) >= 11 is 0. The third kappa shape index (κ3) is 3.64. The molecule has 0 unspecified atom stereocenters. The van der Waals surface area contributed by atoms with Crippen molar-refractivity contribution in [3.8, 4) is 11.5 Å². The van der Waals surface area contributed by atoms with Crippen LogP contribution in [0.2, 0.25) is 0 Å². The topological polar surface area (TPSA) is 21.3 Å². The summed E-state index contributed by atoms with van der Waals surface area (Å²) in [4.78, 5) is 0. The lowest BCUT2D eigenvalue weighted by molar-refractivity contribution is 0.467. The van der Waals surface area contributed by atoms with Gasteiger partial charge in [-0.2, -0.15) is 0 Å². The van der Waals surface area contributed by atoms with E-state index in [1.54, 1.807) is 0 Å². The highest BCUT2D eigenvalue weighted by Gasteiger charge is 2.20. The van der Waals surface area contributed by atoms with Crippen LogP contribution in [-0.4, -0.2) is 6.04 Å². The van der Waals surface area contributed by atoms with Crippen molar-refractivity contribution in [2.75, 3.05) is 0 Å². The van der Waals surface area contributed by atoms with Crippen molar-refractivity contribution < 1.29 is 4.74 Å². The molecule has 0 aliphatic heterocycles. The first kappa shape index (κ1) is 14.2. The molecule has 2 aromatic carbocycles. The summed E-state index contributed by atoms with van der Waals surface area (Å²) in [6.45, 7) is 5.17. The molecule has 2 aromatic rings. The smallest absolute Gasteiger partial charge is 0.131 e. The molecule has 21 heavy (non-hydrogen) atoms. The van der Waals surface area contributed by atoms with Gasteiger partial charge in [-0.25, -0.2) is 0 Å². The van der Waals surface area contributed by atoms with E-state index >= 15 is 0 Å². The summed E-state index contributed by atoms with van der Waals surface area (Å²) < 4.78 is 6.20. The quantitative estimate of drug-likeness (QED) is 0.835. The summed E-state index contributed by atoms with van der Waals surface area (Å²) in [5, 5.41) is 3.57. The van der Waals surface area contributed by atoms with Crippen LogP contribution in [0, 0.1) is 6.92 Å². The number of benzene rings is 2. The molecule has 0 bridgehead atoms. The molecule has 110 valence electrons. The van der Waals surface area contributed by atoms with Gasteiger partial charge in [0.05, 0.1) is 0 Å². The van der Waals surface area contributed by atoms with E-state index in [9.17, 15) is 0 Å². The Kier molecular flexibility index (Phi) is 4.26. The SMILES string of the molecule is CCc1ccccc1Oc1ccc(C)cc1CNC1CC1. The fourth-order valence-electron chi connectivity index (χ4n) is 2.50. The summed E-state index contributed by atoms with van der Waals surface area (Å²) in [5.74, 6) is 1.94. The zero-order valence-corrected chi connectivity index (χ0v) is 12.9. The number of hydrogen-bond donors (Lipinski definition) is 1. The van der Waals surface area contributed by atoms with Crippen LogP contribution in [0.4, 0.5) is 0 Å². The minimum absolute atomic E-state index is 0.710. The third-order valence-corrected chi connectivity index (χ3v) is 3.95. The van der Waals surface area contributed by atoms with Gasteiger partial charge in [-0.05, 0) is 43.9 Å². The fraction of sp³-hybridized carbons (Fsp3) is 0.368. The first-order valence-electron chi connectivity index (χ1n) is 7.85. The monoisotopic (exact) mass is 281 g/mol. The van der Waals surface area contributed by atoms with Gasteiger partial charge in [0.1, 0.15) is 11.5 Å². The maximum atomic E-state index is 6.20. The maximum absolute atomic E-state index is 6.20. The molecular formula is C19H23NO. The van der Waals surface area contributed by atoms with Crippen LogP contribution in [0.1, 0.15) is 36.5 Å². The minimum Gasteiger partial charge on any atom is -0.457 e. The second-order valence-electron chi connectivity index (χ2n) is 5.83. The zero-order valence-electron chi connectivity index (χ0n) is 12.9. The van der Waals surface area contributed by atoms with E-state index in [-0.39, 0.29) is 0 Å². The van der Waals surface area contributed by atoms with Gasteiger partial charge in [-0.3, -0.25) is 0 Å². The Morgan fingerprint density at radius 3 is 2.57 bits per heavy atom. The van der Waals surface area contributed by atoms with Crippen molar-refractivity contribution in [3.05, 3.63) is 59.2 Å². The van der Waals surface area contributed by atoms with Gasteiger partial charge in [-0.1, -0.05) is 42.8 Å². The van der Waals surface area contributed by atoms with Gasteiger partial charge in [-0.15, -0.1) is 0 Å². The van der Waals surface area contributed by atoms with Crippen molar-refractivity contribution in [2.24, 2.45) is 0 Å². The Balaban J connectivity index is 1.82. The lowest BCUT2D eigenvalue weighted by atomic mass is 10.1. The average Bonchev–Trinajstić information content (AvgIpc) is 3.32. The third-order valence-electron chi connectivity index (χ3n) is 3.95.